The highest BCUT2D eigenvalue weighted by atomic mass is 14.6. The number of pyridine rings is 1. The first kappa shape index (κ1) is 6.84. The maximum Gasteiger partial charge on any atom is 0.0302 e. The van der Waals surface area contributed by atoms with Crippen LogP contribution in [0.5, 0.6) is 0 Å². The highest BCUT2D eigenvalue weighted by Gasteiger charge is 2.28. The fourth-order valence-corrected chi connectivity index (χ4v) is 1.87. The topological polar surface area (TPSA) is 12.9 Å². The molecule has 0 bridgehead atoms. The Morgan fingerprint density at radius 3 is 3.00 bits per heavy atom. The third-order valence-electron chi connectivity index (χ3n) is 2.65. The second kappa shape index (κ2) is 2.07. The summed E-state index contributed by atoms with van der Waals surface area (Å²) in [5.41, 5.74) is 3.32. The second-order valence-corrected chi connectivity index (χ2v) is 3.92. The fraction of sp³-hybridized carbons (Fsp3) is 0.500. The van der Waals surface area contributed by atoms with Crippen LogP contribution < -0.4 is 0 Å². The highest BCUT2D eigenvalue weighted by molar-refractivity contribution is 5.35. The van der Waals surface area contributed by atoms with Gasteiger partial charge in [0.2, 0.25) is 0 Å². The molecule has 1 heterocycles. The van der Waals surface area contributed by atoms with E-state index in [-0.39, 0.29) is 0 Å². The molecule has 1 nitrogen and oxygen atoms in total. The number of aryl methyl sites for hydroxylation is 1. The van der Waals surface area contributed by atoms with Gasteiger partial charge in [0.15, 0.2) is 0 Å². The predicted octanol–water partition coefficient (Wildman–Crippen LogP) is 2.31. The molecule has 0 spiro atoms. The van der Waals surface area contributed by atoms with Gasteiger partial charge in [-0.05, 0) is 35.4 Å². The number of nitrogens with zero attached hydrogens (tertiary/aromatic N) is 1. The summed E-state index contributed by atoms with van der Waals surface area (Å²) in [5, 5.41) is 0. The van der Waals surface area contributed by atoms with Crippen molar-refractivity contribution in [2.75, 3.05) is 0 Å². The smallest absolute Gasteiger partial charge is 0.0302 e. The van der Waals surface area contributed by atoms with Crippen LogP contribution in [0, 0.1) is 0 Å². The molecule has 0 aliphatic heterocycles. The second-order valence-electron chi connectivity index (χ2n) is 3.92. The van der Waals surface area contributed by atoms with Crippen molar-refractivity contribution in [3.63, 3.8) is 0 Å². The van der Waals surface area contributed by atoms with E-state index in [0.717, 1.165) is 0 Å². The summed E-state index contributed by atoms with van der Waals surface area (Å²) in [6, 6.07) is 2.16. The summed E-state index contributed by atoms with van der Waals surface area (Å²) in [7, 11) is 0. The monoisotopic (exact) mass is 147 g/mol. The first-order valence-corrected chi connectivity index (χ1v) is 4.13. The molecule has 0 saturated heterocycles. The van der Waals surface area contributed by atoms with Crippen LogP contribution in [0.3, 0.4) is 0 Å². The third-order valence-corrected chi connectivity index (χ3v) is 2.65. The minimum atomic E-state index is 0.387. The molecule has 2 rings (SSSR count). The van der Waals surface area contributed by atoms with Gasteiger partial charge >= 0.3 is 0 Å². The van der Waals surface area contributed by atoms with Gasteiger partial charge in [-0.3, -0.25) is 4.98 Å². The minimum Gasteiger partial charge on any atom is -0.264 e. The molecular weight excluding hydrogens is 134 g/mol. The maximum atomic E-state index is 4.12. The Labute approximate surface area is 67.5 Å². The van der Waals surface area contributed by atoms with Crippen molar-refractivity contribution in [3.8, 4) is 0 Å². The lowest BCUT2D eigenvalue weighted by Crippen LogP contribution is -2.11. The Hall–Kier alpha value is -0.850. The lowest BCUT2D eigenvalue weighted by atomic mass is 9.87. The molecule has 11 heavy (non-hydrogen) atoms. The Kier molecular flexibility index (Phi) is 1.28. The van der Waals surface area contributed by atoms with E-state index in [2.05, 4.69) is 24.9 Å². The molecule has 0 fully saturated rings. The van der Waals surface area contributed by atoms with Crippen molar-refractivity contribution in [2.45, 2.75) is 32.1 Å². The van der Waals surface area contributed by atoms with E-state index >= 15 is 0 Å². The Morgan fingerprint density at radius 1 is 1.45 bits per heavy atom. The number of aromatic nitrogens is 1. The van der Waals surface area contributed by atoms with E-state index < -0.39 is 0 Å². The van der Waals surface area contributed by atoms with E-state index in [1.54, 1.807) is 0 Å². The number of rotatable bonds is 0. The van der Waals surface area contributed by atoms with Crippen LogP contribution in [-0.2, 0) is 11.8 Å². The first-order valence-electron chi connectivity index (χ1n) is 4.13. The highest BCUT2D eigenvalue weighted by Crippen LogP contribution is 2.37. The van der Waals surface area contributed by atoms with Crippen LogP contribution in [-0.4, -0.2) is 4.98 Å². The normalized spacial score (nSPS) is 19.8. The van der Waals surface area contributed by atoms with Crippen LogP contribution in [0.2, 0.25) is 0 Å². The van der Waals surface area contributed by atoms with Crippen LogP contribution >= 0.6 is 0 Å². The molecule has 0 amide bonds. The zero-order chi connectivity index (χ0) is 7.90. The van der Waals surface area contributed by atoms with E-state index in [4.69, 9.17) is 0 Å². The van der Waals surface area contributed by atoms with Gasteiger partial charge in [-0.2, -0.15) is 0 Å². The van der Waals surface area contributed by atoms with Gasteiger partial charge in [0.1, 0.15) is 0 Å². The molecule has 1 aliphatic rings. The van der Waals surface area contributed by atoms with Crippen LogP contribution in [0.25, 0.3) is 0 Å². The largest absolute Gasteiger partial charge is 0.264 e. The molecule has 1 aromatic heterocycles. The zero-order valence-electron chi connectivity index (χ0n) is 7.09. The molecule has 1 heteroatoms. The molecule has 0 aromatic carbocycles. The SMILES string of the molecule is CC1(C)CCc2cnccc21. The molecule has 0 N–H and O–H groups in total. The van der Waals surface area contributed by atoms with E-state index in [0.29, 0.717) is 5.41 Å². The summed E-state index contributed by atoms with van der Waals surface area (Å²) in [5.74, 6) is 0. The Balaban J connectivity index is 2.56. The summed E-state index contributed by atoms with van der Waals surface area (Å²) in [4.78, 5) is 4.12. The molecule has 0 atom stereocenters. The van der Waals surface area contributed by atoms with Crippen molar-refractivity contribution >= 4 is 0 Å². The number of fused-ring (bicyclic) bond motifs is 1. The molecular formula is C10H13N. The summed E-state index contributed by atoms with van der Waals surface area (Å²) in [6.07, 6.45) is 6.38. The summed E-state index contributed by atoms with van der Waals surface area (Å²) in [6.45, 7) is 4.61. The Morgan fingerprint density at radius 2 is 2.27 bits per heavy atom. The summed E-state index contributed by atoms with van der Waals surface area (Å²) < 4.78 is 0. The average molecular weight is 147 g/mol. The molecule has 0 radical (unpaired) electrons. The number of hydrogen-bond acceptors (Lipinski definition) is 1. The van der Waals surface area contributed by atoms with Gasteiger partial charge < -0.3 is 0 Å². The minimum absolute atomic E-state index is 0.387. The van der Waals surface area contributed by atoms with Gasteiger partial charge in [-0.25, -0.2) is 0 Å². The van der Waals surface area contributed by atoms with Crippen molar-refractivity contribution in [1.82, 2.24) is 4.98 Å². The average Bonchev–Trinajstić information content (AvgIpc) is 2.29. The molecule has 1 aliphatic carbocycles. The van der Waals surface area contributed by atoms with Gasteiger partial charge in [0.05, 0.1) is 0 Å². The number of hydrogen-bond donors (Lipinski definition) is 0. The van der Waals surface area contributed by atoms with Crippen molar-refractivity contribution in [3.05, 3.63) is 29.6 Å². The molecule has 1 aromatic rings. The van der Waals surface area contributed by atoms with E-state index in [9.17, 15) is 0 Å². The van der Waals surface area contributed by atoms with Crippen LogP contribution in [0.4, 0.5) is 0 Å². The lowest BCUT2D eigenvalue weighted by molar-refractivity contribution is 0.522. The molecule has 0 saturated carbocycles. The third kappa shape index (κ3) is 0.953. The van der Waals surface area contributed by atoms with Gasteiger partial charge in [0.25, 0.3) is 0 Å². The molecule has 58 valence electrons. The van der Waals surface area contributed by atoms with Crippen molar-refractivity contribution < 1.29 is 0 Å². The predicted molar refractivity (Wildman–Crippen MR) is 45.6 cm³/mol. The Bertz CT molecular complexity index is 276. The van der Waals surface area contributed by atoms with Gasteiger partial charge in [-0.1, -0.05) is 13.8 Å². The maximum absolute atomic E-state index is 4.12. The van der Waals surface area contributed by atoms with E-state index in [1.165, 1.54) is 24.0 Å². The van der Waals surface area contributed by atoms with Crippen LogP contribution in [0.1, 0.15) is 31.4 Å². The molecule has 0 unspecified atom stereocenters. The summed E-state index contributed by atoms with van der Waals surface area (Å²) >= 11 is 0. The quantitative estimate of drug-likeness (QED) is 0.548. The van der Waals surface area contributed by atoms with Crippen LogP contribution in [0.15, 0.2) is 18.5 Å². The lowest BCUT2D eigenvalue weighted by Gasteiger charge is -2.17. The van der Waals surface area contributed by atoms with Gasteiger partial charge in [0, 0.05) is 12.4 Å². The van der Waals surface area contributed by atoms with E-state index in [1.807, 2.05) is 12.4 Å². The van der Waals surface area contributed by atoms with Crippen molar-refractivity contribution in [2.24, 2.45) is 0 Å². The fourth-order valence-electron chi connectivity index (χ4n) is 1.87. The van der Waals surface area contributed by atoms with Crippen molar-refractivity contribution in [1.29, 1.82) is 0 Å². The first-order chi connectivity index (χ1) is 5.20. The standard InChI is InChI=1S/C10H13N/c1-10(2)5-3-8-7-11-6-4-9(8)10/h4,6-7H,3,5H2,1-2H3. The zero-order valence-corrected chi connectivity index (χ0v) is 7.09. The van der Waals surface area contributed by atoms with Gasteiger partial charge in [-0.15, -0.1) is 0 Å².